The zero-order valence-electron chi connectivity index (χ0n) is 11.1. The van der Waals surface area contributed by atoms with Gasteiger partial charge >= 0.3 is 0 Å². The van der Waals surface area contributed by atoms with Gasteiger partial charge in [0, 0.05) is 23.4 Å². The molecule has 1 aromatic rings. The molecule has 0 spiro atoms. The van der Waals surface area contributed by atoms with Gasteiger partial charge in [-0.05, 0) is 20.1 Å². The number of ether oxygens (including phenoxy) is 2. The van der Waals surface area contributed by atoms with E-state index in [4.69, 9.17) is 15.2 Å². The van der Waals surface area contributed by atoms with Crippen molar-refractivity contribution in [3.63, 3.8) is 0 Å². The minimum absolute atomic E-state index is 0.166. The first-order valence-electron chi connectivity index (χ1n) is 6.00. The fourth-order valence-electron chi connectivity index (χ4n) is 1.64. The first kappa shape index (κ1) is 13.2. The Labute approximate surface area is 112 Å². The molecule has 100 valence electrons. The Hall–Kier alpha value is -1.23. The van der Waals surface area contributed by atoms with Crippen LogP contribution in [-0.2, 0) is 0 Å². The summed E-state index contributed by atoms with van der Waals surface area (Å²) >= 11 is 1.82. The Morgan fingerprint density at radius 1 is 1.28 bits per heavy atom. The van der Waals surface area contributed by atoms with Crippen molar-refractivity contribution >= 4 is 23.1 Å². The highest BCUT2D eigenvalue weighted by molar-refractivity contribution is 7.99. The molecule has 0 unspecified atom stereocenters. The van der Waals surface area contributed by atoms with Crippen molar-refractivity contribution in [1.82, 2.24) is 0 Å². The molecular formula is C13H20N2O2S. The summed E-state index contributed by atoms with van der Waals surface area (Å²) in [5.41, 5.74) is 7.61. The molecule has 5 heteroatoms. The Balaban J connectivity index is 2.13. The molecule has 0 bridgehead atoms. The van der Waals surface area contributed by atoms with Crippen molar-refractivity contribution in [3.8, 4) is 11.5 Å². The zero-order chi connectivity index (χ0) is 13.2. The van der Waals surface area contributed by atoms with Gasteiger partial charge in [0.1, 0.15) is 13.2 Å². The van der Waals surface area contributed by atoms with E-state index in [0.717, 1.165) is 23.7 Å². The monoisotopic (exact) mass is 268 g/mol. The average molecular weight is 268 g/mol. The number of nitrogens with one attached hydrogen (secondary N) is 1. The average Bonchev–Trinajstić information content (AvgIpc) is 2.36. The number of nitrogens with two attached hydrogens (primary N) is 1. The summed E-state index contributed by atoms with van der Waals surface area (Å²) in [4.78, 5) is 0. The predicted octanol–water partition coefficient (Wildman–Crippen LogP) is 2.59. The third kappa shape index (κ3) is 2.96. The molecule has 0 saturated carbocycles. The lowest BCUT2D eigenvalue weighted by molar-refractivity contribution is 0.172. The lowest BCUT2D eigenvalue weighted by Gasteiger charge is -2.25. The Morgan fingerprint density at radius 2 is 1.89 bits per heavy atom. The molecule has 1 heterocycles. The van der Waals surface area contributed by atoms with Crippen LogP contribution in [-0.4, -0.2) is 30.8 Å². The van der Waals surface area contributed by atoms with Crippen LogP contribution in [0.1, 0.15) is 13.8 Å². The third-order valence-electron chi connectivity index (χ3n) is 2.97. The molecule has 1 aromatic carbocycles. The maximum absolute atomic E-state index is 6.01. The standard InChI is InChI=1S/C13H20N2O2S/c1-13(2,18-3)8-15-10-7-12-11(6-9(10)14)16-4-5-17-12/h6-7,15H,4-5,8,14H2,1-3H3. The van der Waals surface area contributed by atoms with Crippen LogP contribution in [0, 0.1) is 0 Å². The maximum atomic E-state index is 6.01. The molecule has 1 aliphatic rings. The van der Waals surface area contributed by atoms with E-state index in [1.54, 1.807) is 0 Å². The molecule has 3 N–H and O–H groups in total. The Morgan fingerprint density at radius 3 is 2.50 bits per heavy atom. The molecule has 4 nitrogen and oxygen atoms in total. The third-order valence-corrected chi connectivity index (χ3v) is 4.22. The van der Waals surface area contributed by atoms with Crippen molar-refractivity contribution in [2.45, 2.75) is 18.6 Å². The summed E-state index contributed by atoms with van der Waals surface area (Å²) in [5, 5.41) is 3.37. The van der Waals surface area contributed by atoms with Gasteiger partial charge in [-0.25, -0.2) is 0 Å². The van der Waals surface area contributed by atoms with Crippen LogP contribution < -0.4 is 20.5 Å². The highest BCUT2D eigenvalue weighted by atomic mass is 32.2. The number of fused-ring (bicyclic) bond motifs is 1. The number of nitrogen functional groups attached to an aromatic ring is 1. The number of thioether (sulfide) groups is 1. The maximum Gasteiger partial charge on any atom is 0.163 e. The molecule has 2 rings (SSSR count). The van der Waals surface area contributed by atoms with Crippen molar-refractivity contribution in [2.24, 2.45) is 0 Å². The molecule has 0 radical (unpaired) electrons. The van der Waals surface area contributed by atoms with Crippen LogP contribution in [0.4, 0.5) is 11.4 Å². The van der Waals surface area contributed by atoms with E-state index in [0.29, 0.717) is 18.9 Å². The van der Waals surface area contributed by atoms with E-state index in [9.17, 15) is 0 Å². The van der Waals surface area contributed by atoms with Crippen molar-refractivity contribution < 1.29 is 9.47 Å². The summed E-state index contributed by atoms with van der Waals surface area (Å²) in [7, 11) is 0. The second-order valence-electron chi connectivity index (χ2n) is 4.90. The normalized spacial score (nSPS) is 14.4. The van der Waals surface area contributed by atoms with Crippen LogP contribution in [0.15, 0.2) is 12.1 Å². The summed E-state index contributed by atoms with van der Waals surface area (Å²) in [5.74, 6) is 1.49. The Bertz CT molecular complexity index is 435. The van der Waals surface area contributed by atoms with Gasteiger partial charge in [0.25, 0.3) is 0 Å². The lowest BCUT2D eigenvalue weighted by atomic mass is 10.2. The van der Waals surface area contributed by atoms with Gasteiger partial charge in [0.2, 0.25) is 0 Å². The van der Waals surface area contributed by atoms with E-state index in [-0.39, 0.29) is 4.75 Å². The summed E-state index contributed by atoms with van der Waals surface area (Å²) in [6.45, 7) is 6.40. The Kier molecular flexibility index (Phi) is 3.80. The van der Waals surface area contributed by atoms with E-state index >= 15 is 0 Å². The van der Waals surface area contributed by atoms with Gasteiger partial charge < -0.3 is 20.5 Å². The molecule has 1 aliphatic heterocycles. The second kappa shape index (κ2) is 5.18. The number of rotatable bonds is 4. The predicted molar refractivity (Wildman–Crippen MR) is 77.9 cm³/mol. The van der Waals surface area contributed by atoms with Crippen molar-refractivity contribution in [2.75, 3.05) is 37.1 Å². The summed E-state index contributed by atoms with van der Waals surface area (Å²) in [6, 6.07) is 3.74. The van der Waals surface area contributed by atoms with E-state index in [1.807, 2.05) is 23.9 Å². The minimum atomic E-state index is 0.166. The number of hydrogen-bond donors (Lipinski definition) is 2. The van der Waals surface area contributed by atoms with Gasteiger partial charge in [-0.15, -0.1) is 0 Å². The lowest BCUT2D eigenvalue weighted by Crippen LogP contribution is -2.26. The van der Waals surface area contributed by atoms with Gasteiger partial charge in [-0.1, -0.05) is 0 Å². The van der Waals surface area contributed by atoms with E-state index in [2.05, 4.69) is 25.4 Å². The summed E-state index contributed by atoms with van der Waals surface area (Å²) in [6.07, 6.45) is 2.11. The fraction of sp³-hybridized carbons (Fsp3) is 0.538. The minimum Gasteiger partial charge on any atom is -0.486 e. The van der Waals surface area contributed by atoms with Crippen molar-refractivity contribution in [1.29, 1.82) is 0 Å². The first-order valence-corrected chi connectivity index (χ1v) is 7.22. The van der Waals surface area contributed by atoms with Gasteiger partial charge in [-0.3, -0.25) is 0 Å². The molecule has 0 fully saturated rings. The highest BCUT2D eigenvalue weighted by Gasteiger charge is 2.18. The molecule has 0 aromatic heterocycles. The van der Waals surface area contributed by atoms with Crippen LogP contribution in [0.2, 0.25) is 0 Å². The number of anilines is 2. The van der Waals surface area contributed by atoms with Gasteiger partial charge in [-0.2, -0.15) is 11.8 Å². The topological polar surface area (TPSA) is 56.5 Å². The summed E-state index contributed by atoms with van der Waals surface area (Å²) < 4.78 is 11.2. The van der Waals surface area contributed by atoms with Crippen molar-refractivity contribution in [3.05, 3.63) is 12.1 Å². The van der Waals surface area contributed by atoms with E-state index in [1.165, 1.54) is 0 Å². The van der Waals surface area contributed by atoms with Crippen LogP contribution in [0.5, 0.6) is 11.5 Å². The molecule has 0 atom stereocenters. The van der Waals surface area contributed by atoms with Crippen LogP contribution >= 0.6 is 11.8 Å². The highest BCUT2D eigenvalue weighted by Crippen LogP contribution is 2.37. The smallest absolute Gasteiger partial charge is 0.163 e. The molecule has 18 heavy (non-hydrogen) atoms. The zero-order valence-corrected chi connectivity index (χ0v) is 11.9. The largest absolute Gasteiger partial charge is 0.486 e. The number of benzene rings is 1. The fourth-order valence-corrected chi connectivity index (χ4v) is 1.85. The number of hydrogen-bond acceptors (Lipinski definition) is 5. The van der Waals surface area contributed by atoms with E-state index < -0.39 is 0 Å². The van der Waals surface area contributed by atoms with Crippen LogP contribution in [0.3, 0.4) is 0 Å². The van der Waals surface area contributed by atoms with Crippen LogP contribution in [0.25, 0.3) is 0 Å². The second-order valence-corrected chi connectivity index (χ2v) is 6.41. The molecule has 0 amide bonds. The molecule has 0 aliphatic carbocycles. The molecule has 0 saturated heterocycles. The van der Waals surface area contributed by atoms with Gasteiger partial charge in [0.05, 0.1) is 11.4 Å². The quantitative estimate of drug-likeness (QED) is 0.822. The van der Waals surface area contributed by atoms with Gasteiger partial charge in [0.15, 0.2) is 11.5 Å². The first-order chi connectivity index (χ1) is 8.52. The SMILES string of the molecule is CSC(C)(C)CNc1cc2c(cc1N)OCCO2. The molecular weight excluding hydrogens is 248 g/mol.